The molecule has 0 spiro atoms. The number of carbonyl (C=O) groups is 1. The molecule has 0 bridgehead atoms. The lowest BCUT2D eigenvalue weighted by Crippen LogP contribution is -2.24. The molecule has 1 amide bonds. The zero-order valence-electron chi connectivity index (χ0n) is 16.6. The number of thiazole rings is 1. The maximum atomic E-state index is 11.3. The van der Waals surface area contributed by atoms with E-state index in [9.17, 15) is 4.79 Å². The van der Waals surface area contributed by atoms with Crippen LogP contribution in [-0.2, 0) is 4.79 Å². The van der Waals surface area contributed by atoms with Crippen molar-refractivity contribution in [2.45, 2.75) is 25.8 Å². The second kappa shape index (κ2) is 7.84. The third-order valence-electron chi connectivity index (χ3n) is 5.30. The lowest BCUT2D eigenvalue weighted by atomic mass is 10.1. The monoisotopic (exact) mass is 415 g/mol. The average molecular weight is 416 g/mol. The van der Waals surface area contributed by atoms with Crippen LogP contribution in [0, 0.1) is 0 Å². The van der Waals surface area contributed by atoms with Crippen molar-refractivity contribution in [3.8, 4) is 11.3 Å². The Hall–Kier alpha value is -3.32. The molecule has 1 N–H and O–H groups in total. The molecular formula is C23H21N5OS. The quantitative estimate of drug-likeness (QED) is 0.505. The van der Waals surface area contributed by atoms with Crippen LogP contribution in [0.1, 0.15) is 31.4 Å². The highest BCUT2D eigenvalue weighted by Gasteiger charge is 2.28. The van der Waals surface area contributed by atoms with E-state index < -0.39 is 0 Å². The fourth-order valence-electron chi connectivity index (χ4n) is 3.96. The number of hydrogen-bond donors (Lipinski definition) is 1. The molecule has 7 heteroatoms. The number of nitrogens with one attached hydrogen (secondary N) is 1. The number of nitrogens with zero attached hydrogens (tertiary/aromatic N) is 4. The minimum atomic E-state index is -0.117. The largest absolute Gasteiger partial charge is 0.334 e. The summed E-state index contributed by atoms with van der Waals surface area (Å²) in [6.45, 7) is 2.44. The SMILES string of the molecule is CC(=O)Nc1nc2ccc(-c3ccnc(N4CCC[C@@H]4c4ccccc4)n3)cc2s1. The van der Waals surface area contributed by atoms with E-state index in [2.05, 4.69) is 50.5 Å². The highest BCUT2D eigenvalue weighted by Crippen LogP contribution is 2.35. The zero-order valence-corrected chi connectivity index (χ0v) is 17.4. The van der Waals surface area contributed by atoms with Gasteiger partial charge in [0.15, 0.2) is 5.13 Å². The Morgan fingerprint density at radius 1 is 1.13 bits per heavy atom. The van der Waals surface area contributed by atoms with Crippen molar-refractivity contribution in [2.75, 3.05) is 16.8 Å². The summed E-state index contributed by atoms with van der Waals surface area (Å²) in [5, 5.41) is 3.37. The first-order chi connectivity index (χ1) is 14.7. The number of anilines is 2. The molecule has 30 heavy (non-hydrogen) atoms. The van der Waals surface area contributed by atoms with Gasteiger partial charge in [0.05, 0.1) is 22.0 Å². The number of rotatable bonds is 4. The fourth-order valence-corrected chi connectivity index (χ4v) is 4.91. The molecule has 0 saturated carbocycles. The Morgan fingerprint density at radius 2 is 2.00 bits per heavy atom. The van der Waals surface area contributed by atoms with Gasteiger partial charge >= 0.3 is 0 Å². The van der Waals surface area contributed by atoms with Crippen LogP contribution >= 0.6 is 11.3 Å². The van der Waals surface area contributed by atoms with Crippen molar-refractivity contribution >= 4 is 38.5 Å². The summed E-state index contributed by atoms with van der Waals surface area (Å²) in [6.07, 6.45) is 4.07. The van der Waals surface area contributed by atoms with Crippen LogP contribution in [0.5, 0.6) is 0 Å². The van der Waals surface area contributed by atoms with Gasteiger partial charge in [0.1, 0.15) is 0 Å². The van der Waals surface area contributed by atoms with E-state index in [-0.39, 0.29) is 5.91 Å². The minimum absolute atomic E-state index is 0.117. The highest BCUT2D eigenvalue weighted by molar-refractivity contribution is 7.22. The molecule has 2 aromatic heterocycles. The first-order valence-electron chi connectivity index (χ1n) is 10.0. The van der Waals surface area contributed by atoms with Gasteiger partial charge in [-0.1, -0.05) is 47.7 Å². The molecule has 3 heterocycles. The molecule has 5 rings (SSSR count). The van der Waals surface area contributed by atoms with Crippen LogP contribution in [0.3, 0.4) is 0 Å². The summed E-state index contributed by atoms with van der Waals surface area (Å²) in [7, 11) is 0. The number of benzene rings is 2. The molecular weight excluding hydrogens is 394 g/mol. The van der Waals surface area contributed by atoms with Gasteiger partial charge in [-0.05, 0) is 36.6 Å². The van der Waals surface area contributed by atoms with E-state index in [1.807, 2.05) is 30.5 Å². The van der Waals surface area contributed by atoms with E-state index in [4.69, 9.17) is 4.98 Å². The molecule has 1 aliphatic heterocycles. The molecule has 1 aliphatic rings. The van der Waals surface area contributed by atoms with Gasteiger partial charge in [-0.15, -0.1) is 0 Å². The Balaban J connectivity index is 1.46. The summed E-state index contributed by atoms with van der Waals surface area (Å²) in [6, 6.07) is 18.9. The van der Waals surface area contributed by atoms with E-state index in [1.165, 1.54) is 23.8 Å². The molecule has 150 valence electrons. The van der Waals surface area contributed by atoms with Crippen molar-refractivity contribution in [1.82, 2.24) is 15.0 Å². The van der Waals surface area contributed by atoms with Crippen molar-refractivity contribution in [2.24, 2.45) is 0 Å². The Bertz CT molecular complexity index is 1210. The standard InChI is InChI=1S/C23H21N5OS/c1-15(29)25-23-27-19-10-9-17(14-21(19)30-23)18-11-12-24-22(26-18)28-13-5-8-20(28)16-6-3-2-4-7-16/h2-4,6-7,9-12,14,20H,5,8,13H2,1H3,(H,25,27,29)/t20-/m1/s1. The predicted octanol–water partition coefficient (Wildman–Crippen LogP) is 5.05. The van der Waals surface area contributed by atoms with Crippen molar-refractivity contribution in [3.63, 3.8) is 0 Å². The van der Waals surface area contributed by atoms with Gasteiger partial charge in [0.2, 0.25) is 11.9 Å². The maximum Gasteiger partial charge on any atom is 0.226 e. The minimum Gasteiger partial charge on any atom is -0.334 e. The summed E-state index contributed by atoms with van der Waals surface area (Å²) in [4.78, 5) is 27.5. The first kappa shape index (κ1) is 18.7. The molecule has 0 unspecified atom stereocenters. The van der Waals surface area contributed by atoms with Gasteiger partial charge in [0, 0.05) is 25.2 Å². The molecule has 6 nitrogen and oxygen atoms in total. The van der Waals surface area contributed by atoms with Crippen molar-refractivity contribution < 1.29 is 4.79 Å². The van der Waals surface area contributed by atoms with Crippen LogP contribution < -0.4 is 10.2 Å². The molecule has 0 aliphatic carbocycles. The lowest BCUT2D eigenvalue weighted by molar-refractivity contribution is -0.114. The van der Waals surface area contributed by atoms with Crippen molar-refractivity contribution in [3.05, 3.63) is 66.4 Å². The smallest absolute Gasteiger partial charge is 0.226 e. The fraction of sp³-hybridized carbons (Fsp3) is 0.217. The second-order valence-corrected chi connectivity index (χ2v) is 8.42. The average Bonchev–Trinajstić information content (AvgIpc) is 3.40. The lowest BCUT2D eigenvalue weighted by Gasteiger charge is -2.25. The molecule has 0 radical (unpaired) electrons. The Labute approximate surface area is 178 Å². The Morgan fingerprint density at radius 3 is 2.83 bits per heavy atom. The van der Waals surface area contributed by atoms with Gasteiger partial charge in [-0.25, -0.2) is 15.0 Å². The number of carbonyl (C=O) groups excluding carboxylic acids is 1. The molecule has 1 atom stereocenters. The van der Waals surface area contributed by atoms with Gasteiger partial charge in [-0.2, -0.15) is 0 Å². The normalized spacial score (nSPS) is 16.2. The van der Waals surface area contributed by atoms with Crippen LogP contribution in [0.4, 0.5) is 11.1 Å². The molecule has 1 fully saturated rings. The Kier molecular flexibility index (Phi) is 4.88. The van der Waals surface area contributed by atoms with Crippen LogP contribution in [-0.4, -0.2) is 27.4 Å². The molecule has 4 aromatic rings. The van der Waals surface area contributed by atoms with Gasteiger partial charge in [-0.3, -0.25) is 4.79 Å². The topological polar surface area (TPSA) is 71.0 Å². The maximum absolute atomic E-state index is 11.3. The second-order valence-electron chi connectivity index (χ2n) is 7.39. The van der Waals surface area contributed by atoms with Crippen LogP contribution in [0.15, 0.2) is 60.8 Å². The summed E-state index contributed by atoms with van der Waals surface area (Å²) >= 11 is 1.46. The van der Waals surface area contributed by atoms with E-state index in [1.54, 1.807) is 0 Å². The third-order valence-corrected chi connectivity index (χ3v) is 6.24. The zero-order chi connectivity index (χ0) is 20.5. The summed E-state index contributed by atoms with van der Waals surface area (Å²) in [5.74, 6) is 0.649. The van der Waals surface area contributed by atoms with E-state index >= 15 is 0 Å². The number of fused-ring (bicyclic) bond motifs is 1. The van der Waals surface area contributed by atoms with E-state index in [0.29, 0.717) is 11.2 Å². The van der Waals surface area contributed by atoms with Gasteiger partial charge in [0.25, 0.3) is 0 Å². The number of hydrogen-bond acceptors (Lipinski definition) is 6. The predicted molar refractivity (Wildman–Crippen MR) is 121 cm³/mol. The van der Waals surface area contributed by atoms with E-state index in [0.717, 1.165) is 46.8 Å². The van der Waals surface area contributed by atoms with Gasteiger partial charge < -0.3 is 10.2 Å². The third kappa shape index (κ3) is 3.64. The van der Waals surface area contributed by atoms with Crippen molar-refractivity contribution in [1.29, 1.82) is 0 Å². The number of aromatic nitrogens is 3. The highest BCUT2D eigenvalue weighted by atomic mass is 32.1. The molecule has 1 saturated heterocycles. The summed E-state index contributed by atoms with van der Waals surface area (Å²) < 4.78 is 1.01. The van der Waals surface area contributed by atoms with Crippen LogP contribution in [0.25, 0.3) is 21.5 Å². The summed E-state index contributed by atoms with van der Waals surface area (Å²) in [5.41, 5.74) is 4.07. The van der Waals surface area contributed by atoms with Crippen LogP contribution in [0.2, 0.25) is 0 Å². The number of amides is 1. The first-order valence-corrected chi connectivity index (χ1v) is 10.8. The molecule has 2 aromatic carbocycles.